The zero-order valence-electron chi connectivity index (χ0n) is 14.8. The molecule has 0 radical (unpaired) electrons. The van der Waals surface area contributed by atoms with Gasteiger partial charge in [0.15, 0.2) is 11.5 Å². The number of benzene rings is 2. The second kappa shape index (κ2) is 8.56. The predicted octanol–water partition coefficient (Wildman–Crippen LogP) is 4.27. The summed E-state index contributed by atoms with van der Waals surface area (Å²) >= 11 is 0. The first-order chi connectivity index (χ1) is 11.8. The summed E-state index contributed by atoms with van der Waals surface area (Å²) in [6, 6.07) is 10.4. The van der Waals surface area contributed by atoms with Crippen LogP contribution in [0.3, 0.4) is 0 Å². The second-order valence-corrected chi connectivity index (χ2v) is 6.83. The Morgan fingerprint density at radius 1 is 0.920 bits per heavy atom. The third-order valence-electron chi connectivity index (χ3n) is 4.51. The van der Waals surface area contributed by atoms with E-state index in [9.17, 15) is 20.1 Å². The molecule has 0 saturated carbocycles. The van der Waals surface area contributed by atoms with E-state index in [1.165, 1.54) is 12.1 Å². The van der Waals surface area contributed by atoms with Gasteiger partial charge in [-0.15, -0.1) is 0 Å². The van der Waals surface area contributed by atoms with E-state index >= 15 is 0 Å². The Hall–Kier alpha value is -2.49. The molecule has 0 aromatic heterocycles. The van der Waals surface area contributed by atoms with Gasteiger partial charge in [0, 0.05) is 12.8 Å². The van der Waals surface area contributed by atoms with Crippen LogP contribution >= 0.6 is 0 Å². The van der Waals surface area contributed by atoms with E-state index in [2.05, 4.69) is 6.92 Å². The number of carbonyl (C=O) groups excluding carboxylic acids is 1. The van der Waals surface area contributed by atoms with Crippen molar-refractivity contribution in [3.63, 3.8) is 0 Å². The summed E-state index contributed by atoms with van der Waals surface area (Å²) < 4.78 is 0. The van der Waals surface area contributed by atoms with Crippen LogP contribution in [0.2, 0.25) is 0 Å². The highest BCUT2D eigenvalue weighted by atomic mass is 16.3. The predicted molar refractivity (Wildman–Crippen MR) is 98.0 cm³/mol. The minimum Gasteiger partial charge on any atom is -0.508 e. The highest BCUT2D eigenvalue weighted by Crippen LogP contribution is 2.26. The summed E-state index contributed by atoms with van der Waals surface area (Å²) in [6.45, 7) is 3.94. The van der Waals surface area contributed by atoms with Crippen molar-refractivity contribution in [1.82, 2.24) is 0 Å². The minimum atomic E-state index is -0.153. The van der Waals surface area contributed by atoms with E-state index in [4.69, 9.17) is 0 Å². The molecule has 2 aromatic carbocycles. The lowest BCUT2D eigenvalue weighted by molar-refractivity contribution is -0.119. The van der Waals surface area contributed by atoms with Crippen molar-refractivity contribution in [2.24, 2.45) is 5.92 Å². The van der Waals surface area contributed by atoms with Gasteiger partial charge in [0.25, 0.3) is 0 Å². The van der Waals surface area contributed by atoms with Gasteiger partial charge in [-0.05, 0) is 67.0 Å². The average molecular weight is 342 g/mol. The molecule has 0 spiro atoms. The maximum atomic E-state index is 12.1. The number of phenolic OH excluding ortho intramolecular Hbond substituents is 3. The van der Waals surface area contributed by atoms with Crippen LogP contribution in [0.15, 0.2) is 36.4 Å². The Morgan fingerprint density at radius 3 is 2.24 bits per heavy atom. The average Bonchev–Trinajstić information content (AvgIpc) is 2.57. The summed E-state index contributed by atoms with van der Waals surface area (Å²) in [5.41, 5.74) is 2.79. The molecule has 0 aliphatic carbocycles. The summed E-state index contributed by atoms with van der Waals surface area (Å²) in [5, 5.41) is 28.5. The van der Waals surface area contributed by atoms with Gasteiger partial charge in [-0.1, -0.05) is 25.1 Å². The summed E-state index contributed by atoms with van der Waals surface area (Å²) in [7, 11) is 0. The fraction of sp³-hybridized carbons (Fsp3) is 0.381. The second-order valence-electron chi connectivity index (χ2n) is 6.83. The Morgan fingerprint density at radius 2 is 1.56 bits per heavy atom. The standard InChI is InChI=1S/C21H26O4/c1-14(3-5-16-6-4-15(2)20(24)12-16)11-18(22)9-7-17-8-10-19(23)21(25)13-17/h4,6,8,10,12-14,23-25H,3,5,7,9,11H2,1-2H3/t14-/m0/s1. The lowest BCUT2D eigenvalue weighted by atomic mass is 9.94. The highest BCUT2D eigenvalue weighted by molar-refractivity contribution is 5.78. The molecule has 0 fully saturated rings. The number of aryl methyl sites for hydroxylation is 3. The maximum absolute atomic E-state index is 12.1. The van der Waals surface area contributed by atoms with Crippen LogP contribution in [-0.4, -0.2) is 21.1 Å². The molecule has 0 aliphatic rings. The van der Waals surface area contributed by atoms with Gasteiger partial charge in [-0.25, -0.2) is 0 Å². The Kier molecular flexibility index (Phi) is 6.45. The minimum absolute atomic E-state index is 0.147. The summed E-state index contributed by atoms with van der Waals surface area (Å²) in [6.07, 6.45) is 3.26. The number of carbonyl (C=O) groups is 1. The van der Waals surface area contributed by atoms with Crippen LogP contribution < -0.4 is 0 Å². The van der Waals surface area contributed by atoms with Crippen LogP contribution in [-0.2, 0) is 17.6 Å². The van der Waals surface area contributed by atoms with Gasteiger partial charge >= 0.3 is 0 Å². The van der Waals surface area contributed by atoms with Gasteiger partial charge in [-0.3, -0.25) is 4.79 Å². The molecule has 2 aromatic rings. The van der Waals surface area contributed by atoms with E-state index in [-0.39, 0.29) is 23.2 Å². The van der Waals surface area contributed by atoms with E-state index in [0.29, 0.717) is 25.0 Å². The van der Waals surface area contributed by atoms with Crippen molar-refractivity contribution in [2.75, 3.05) is 0 Å². The lowest BCUT2D eigenvalue weighted by Crippen LogP contribution is -2.07. The molecule has 0 amide bonds. The molecule has 0 saturated heterocycles. The number of hydrogen-bond donors (Lipinski definition) is 3. The first kappa shape index (κ1) is 18.8. The van der Waals surface area contributed by atoms with Crippen molar-refractivity contribution in [1.29, 1.82) is 0 Å². The quantitative estimate of drug-likeness (QED) is 0.626. The number of hydrogen-bond acceptors (Lipinski definition) is 4. The third kappa shape index (κ3) is 5.82. The Bertz CT molecular complexity index is 737. The molecule has 3 N–H and O–H groups in total. The third-order valence-corrected chi connectivity index (χ3v) is 4.51. The van der Waals surface area contributed by atoms with Crippen LogP contribution in [0.1, 0.15) is 42.9 Å². The largest absolute Gasteiger partial charge is 0.508 e. The van der Waals surface area contributed by atoms with E-state index in [1.54, 1.807) is 12.1 Å². The fourth-order valence-electron chi connectivity index (χ4n) is 2.82. The molecule has 0 heterocycles. The number of rotatable bonds is 8. The molecular formula is C21H26O4. The Balaban J connectivity index is 1.75. The van der Waals surface area contributed by atoms with Gasteiger partial charge in [0.2, 0.25) is 0 Å². The van der Waals surface area contributed by atoms with Crippen LogP contribution in [0.5, 0.6) is 17.2 Å². The molecular weight excluding hydrogens is 316 g/mol. The molecule has 2 rings (SSSR count). The van der Waals surface area contributed by atoms with Crippen LogP contribution in [0, 0.1) is 12.8 Å². The maximum Gasteiger partial charge on any atom is 0.157 e. The fourth-order valence-corrected chi connectivity index (χ4v) is 2.82. The van der Waals surface area contributed by atoms with E-state index < -0.39 is 0 Å². The van der Waals surface area contributed by atoms with E-state index in [1.807, 2.05) is 19.1 Å². The number of ketones is 1. The molecule has 0 bridgehead atoms. The normalized spacial score (nSPS) is 12.1. The monoisotopic (exact) mass is 342 g/mol. The number of phenols is 3. The lowest BCUT2D eigenvalue weighted by Gasteiger charge is -2.11. The SMILES string of the molecule is Cc1ccc(CC[C@H](C)CC(=O)CCc2ccc(O)c(O)c2)cc1O. The van der Waals surface area contributed by atoms with Gasteiger partial charge in [-0.2, -0.15) is 0 Å². The van der Waals surface area contributed by atoms with Crippen molar-refractivity contribution in [3.8, 4) is 17.2 Å². The van der Waals surface area contributed by atoms with Crippen molar-refractivity contribution < 1.29 is 20.1 Å². The zero-order valence-corrected chi connectivity index (χ0v) is 14.8. The number of Topliss-reactive ketones (excluding diaryl/α,β-unsaturated/α-hetero) is 1. The summed E-state index contributed by atoms with van der Waals surface area (Å²) in [5.74, 6) is 0.500. The molecule has 4 nitrogen and oxygen atoms in total. The molecule has 0 unspecified atom stereocenters. The van der Waals surface area contributed by atoms with E-state index in [0.717, 1.165) is 29.5 Å². The molecule has 25 heavy (non-hydrogen) atoms. The van der Waals surface area contributed by atoms with Gasteiger partial charge in [0.1, 0.15) is 11.5 Å². The first-order valence-electron chi connectivity index (χ1n) is 8.66. The van der Waals surface area contributed by atoms with Crippen molar-refractivity contribution >= 4 is 5.78 Å². The molecule has 0 aliphatic heterocycles. The molecule has 1 atom stereocenters. The first-order valence-corrected chi connectivity index (χ1v) is 8.66. The van der Waals surface area contributed by atoms with Crippen molar-refractivity contribution in [2.45, 2.75) is 46.0 Å². The Labute approximate surface area is 148 Å². The molecule has 4 heteroatoms. The topological polar surface area (TPSA) is 77.8 Å². The zero-order chi connectivity index (χ0) is 18.4. The van der Waals surface area contributed by atoms with Gasteiger partial charge < -0.3 is 15.3 Å². The highest BCUT2D eigenvalue weighted by Gasteiger charge is 2.11. The smallest absolute Gasteiger partial charge is 0.157 e. The van der Waals surface area contributed by atoms with Gasteiger partial charge in [0.05, 0.1) is 0 Å². The van der Waals surface area contributed by atoms with Crippen LogP contribution in [0.4, 0.5) is 0 Å². The molecule has 134 valence electrons. The summed E-state index contributed by atoms with van der Waals surface area (Å²) in [4.78, 5) is 12.1. The number of aromatic hydroxyl groups is 3. The van der Waals surface area contributed by atoms with Crippen molar-refractivity contribution in [3.05, 3.63) is 53.1 Å². The van der Waals surface area contributed by atoms with Crippen LogP contribution in [0.25, 0.3) is 0 Å².